The molecular formula is C13H25NO2. The first kappa shape index (κ1) is 13.5. The summed E-state index contributed by atoms with van der Waals surface area (Å²) in [6.07, 6.45) is 8.87. The van der Waals surface area contributed by atoms with Gasteiger partial charge in [0.2, 0.25) is 5.91 Å². The Morgan fingerprint density at radius 1 is 1.19 bits per heavy atom. The first-order chi connectivity index (χ1) is 7.68. The highest BCUT2D eigenvalue weighted by atomic mass is 16.5. The molecule has 0 spiro atoms. The van der Waals surface area contributed by atoms with E-state index < -0.39 is 0 Å². The van der Waals surface area contributed by atoms with E-state index in [4.69, 9.17) is 4.74 Å². The number of carbonyl (C=O) groups is 1. The molecule has 94 valence electrons. The molecule has 1 aliphatic rings. The second-order valence-electron chi connectivity index (χ2n) is 4.97. The maximum atomic E-state index is 11.6. The fourth-order valence-corrected chi connectivity index (χ4v) is 2.11. The number of hydrogen-bond donors (Lipinski definition) is 1. The van der Waals surface area contributed by atoms with Crippen LogP contribution < -0.4 is 5.32 Å². The molecule has 0 bridgehead atoms. The Balaban J connectivity index is 2.19. The van der Waals surface area contributed by atoms with E-state index in [1.165, 1.54) is 32.1 Å². The monoisotopic (exact) mass is 227 g/mol. The third-order valence-corrected chi connectivity index (χ3v) is 3.02. The summed E-state index contributed by atoms with van der Waals surface area (Å²) in [7, 11) is 0. The first-order valence-corrected chi connectivity index (χ1v) is 6.59. The Hall–Kier alpha value is -0.570. The molecule has 0 aromatic heterocycles. The van der Waals surface area contributed by atoms with E-state index in [9.17, 15) is 4.79 Å². The van der Waals surface area contributed by atoms with Gasteiger partial charge in [-0.3, -0.25) is 4.79 Å². The molecule has 1 fully saturated rings. The van der Waals surface area contributed by atoms with E-state index in [2.05, 4.69) is 5.32 Å². The largest absolute Gasteiger partial charge is 0.369 e. The van der Waals surface area contributed by atoms with Gasteiger partial charge in [-0.05, 0) is 26.7 Å². The van der Waals surface area contributed by atoms with Gasteiger partial charge in [-0.1, -0.05) is 32.1 Å². The van der Waals surface area contributed by atoms with E-state index in [-0.39, 0.29) is 18.6 Å². The number of nitrogens with one attached hydrogen (secondary N) is 1. The highest BCUT2D eigenvalue weighted by Gasteiger charge is 2.14. The van der Waals surface area contributed by atoms with Gasteiger partial charge in [0, 0.05) is 6.04 Å². The van der Waals surface area contributed by atoms with Gasteiger partial charge in [0.05, 0.1) is 6.10 Å². The molecule has 1 N–H and O–H groups in total. The first-order valence-electron chi connectivity index (χ1n) is 6.59. The van der Waals surface area contributed by atoms with Gasteiger partial charge < -0.3 is 10.1 Å². The molecule has 0 atom stereocenters. The maximum absolute atomic E-state index is 11.6. The molecule has 3 nitrogen and oxygen atoms in total. The van der Waals surface area contributed by atoms with Crippen molar-refractivity contribution in [2.24, 2.45) is 0 Å². The average molecular weight is 227 g/mol. The zero-order chi connectivity index (χ0) is 11.8. The van der Waals surface area contributed by atoms with Gasteiger partial charge in [-0.25, -0.2) is 0 Å². The smallest absolute Gasteiger partial charge is 0.246 e. The highest BCUT2D eigenvalue weighted by molar-refractivity contribution is 5.77. The summed E-state index contributed by atoms with van der Waals surface area (Å²) in [5, 5.41) is 3.08. The molecule has 1 saturated carbocycles. The average Bonchev–Trinajstić information content (AvgIpc) is 2.19. The van der Waals surface area contributed by atoms with Crippen LogP contribution in [-0.4, -0.2) is 24.7 Å². The number of ether oxygens (including phenoxy) is 1. The molecule has 0 unspecified atom stereocenters. The molecule has 0 heterocycles. The van der Waals surface area contributed by atoms with Crippen molar-refractivity contribution in [1.29, 1.82) is 0 Å². The Morgan fingerprint density at radius 2 is 1.75 bits per heavy atom. The number of hydrogen-bond acceptors (Lipinski definition) is 2. The molecule has 0 aliphatic heterocycles. The summed E-state index contributed by atoms with van der Waals surface area (Å²) >= 11 is 0. The predicted molar refractivity (Wildman–Crippen MR) is 65.3 cm³/mol. The van der Waals surface area contributed by atoms with Gasteiger partial charge in [0.25, 0.3) is 0 Å². The van der Waals surface area contributed by atoms with Gasteiger partial charge in [-0.15, -0.1) is 0 Å². The summed E-state index contributed by atoms with van der Waals surface area (Å²) in [6, 6.07) is 0.378. The fourth-order valence-electron chi connectivity index (χ4n) is 2.11. The normalized spacial score (nSPS) is 19.2. The molecule has 16 heavy (non-hydrogen) atoms. The summed E-state index contributed by atoms with van der Waals surface area (Å²) in [6.45, 7) is 4.10. The van der Waals surface area contributed by atoms with Crippen LogP contribution in [0.2, 0.25) is 0 Å². The molecule has 1 rings (SSSR count). The molecule has 0 radical (unpaired) electrons. The molecule has 0 aromatic rings. The van der Waals surface area contributed by atoms with Crippen LogP contribution in [0.25, 0.3) is 0 Å². The van der Waals surface area contributed by atoms with Crippen molar-refractivity contribution in [2.45, 2.75) is 70.9 Å². The second kappa shape index (κ2) is 7.66. The summed E-state index contributed by atoms with van der Waals surface area (Å²) in [5.74, 6) is 0.0410. The van der Waals surface area contributed by atoms with Crippen LogP contribution in [0, 0.1) is 0 Å². The van der Waals surface area contributed by atoms with Crippen LogP contribution in [-0.2, 0) is 9.53 Å². The van der Waals surface area contributed by atoms with Crippen LogP contribution in [0.4, 0.5) is 0 Å². The van der Waals surface area contributed by atoms with Gasteiger partial charge >= 0.3 is 0 Å². The van der Waals surface area contributed by atoms with Crippen molar-refractivity contribution in [3.8, 4) is 0 Å². The van der Waals surface area contributed by atoms with Crippen molar-refractivity contribution in [2.75, 3.05) is 6.61 Å². The lowest BCUT2D eigenvalue weighted by molar-refractivity contribution is -0.127. The van der Waals surface area contributed by atoms with Crippen molar-refractivity contribution in [1.82, 2.24) is 5.32 Å². The lowest BCUT2D eigenvalue weighted by Gasteiger charge is -2.21. The minimum atomic E-state index is 0.0410. The van der Waals surface area contributed by atoms with Crippen LogP contribution in [0.3, 0.4) is 0 Å². The molecule has 3 heteroatoms. The third kappa shape index (κ3) is 6.11. The predicted octanol–water partition coefficient (Wildman–Crippen LogP) is 2.64. The second-order valence-corrected chi connectivity index (χ2v) is 4.97. The highest BCUT2D eigenvalue weighted by Crippen LogP contribution is 2.16. The van der Waals surface area contributed by atoms with Gasteiger partial charge in [0.15, 0.2) is 0 Å². The lowest BCUT2D eigenvalue weighted by Crippen LogP contribution is -2.38. The summed E-state index contributed by atoms with van der Waals surface area (Å²) < 4.78 is 5.29. The Kier molecular flexibility index (Phi) is 6.46. The molecular weight excluding hydrogens is 202 g/mol. The Labute approximate surface area is 98.9 Å². The van der Waals surface area contributed by atoms with E-state index in [0.717, 1.165) is 12.8 Å². The van der Waals surface area contributed by atoms with Crippen LogP contribution in [0.1, 0.15) is 58.8 Å². The third-order valence-electron chi connectivity index (χ3n) is 3.02. The number of amides is 1. The standard InChI is InChI=1S/C13H25NO2/c1-11(2)16-10-13(15)14-12-8-6-4-3-5-7-9-12/h11-12H,3-10H2,1-2H3,(H,14,15). The van der Waals surface area contributed by atoms with Crippen molar-refractivity contribution in [3.05, 3.63) is 0 Å². The zero-order valence-corrected chi connectivity index (χ0v) is 10.6. The van der Waals surface area contributed by atoms with Gasteiger partial charge in [-0.2, -0.15) is 0 Å². The SMILES string of the molecule is CC(C)OCC(=O)NC1CCCCCCC1. The lowest BCUT2D eigenvalue weighted by atomic mass is 9.97. The minimum Gasteiger partial charge on any atom is -0.369 e. The molecule has 0 aromatic carbocycles. The Morgan fingerprint density at radius 3 is 2.31 bits per heavy atom. The zero-order valence-electron chi connectivity index (χ0n) is 10.6. The molecule has 1 aliphatic carbocycles. The Bertz CT molecular complexity index is 196. The van der Waals surface area contributed by atoms with Crippen molar-refractivity contribution < 1.29 is 9.53 Å². The number of rotatable bonds is 4. The van der Waals surface area contributed by atoms with E-state index in [1.807, 2.05) is 13.8 Å². The molecule has 0 saturated heterocycles. The fraction of sp³-hybridized carbons (Fsp3) is 0.923. The minimum absolute atomic E-state index is 0.0410. The van der Waals surface area contributed by atoms with Crippen LogP contribution in [0.5, 0.6) is 0 Å². The maximum Gasteiger partial charge on any atom is 0.246 e. The summed E-state index contributed by atoms with van der Waals surface area (Å²) in [4.78, 5) is 11.6. The van der Waals surface area contributed by atoms with Crippen LogP contribution in [0.15, 0.2) is 0 Å². The molecule has 1 amide bonds. The number of carbonyl (C=O) groups excluding carboxylic acids is 1. The summed E-state index contributed by atoms with van der Waals surface area (Å²) in [5.41, 5.74) is 0. The quantitative estimate of drug-likeness (QED) is 0.802. The van der Waals surface area contributed by atoms with E-state index >= 15 is 0 Å². The van der Waals surface area contributed by atoms with E-state index in [1.54, 1.807) is 0 Å². The van der Waals surface area contributed by atoms with Crippen LogP contribution >= 0.6 is 0 Å². The van der Waals surface area contributed by atoms with Gasteiger partial charge in [0.1, 0.15) is 6.61 Å². The van der Waals surface area contributed by atoms with Crippen molar-refractivity contribution >= 4 is 5.91 Å². The topological polar surface area (TPSA) is 38.3 Å². The van der Waals surface area contributed by atoms with E-state index in [0.29, 0.717) is 6.04 Å². The van der Waals surface area contributed by atoms with Crippen molar-refractivity contribution in [3.63, 3.8) is 0 Å².